The van der Waals surface area contributed by atoms with E-state index in [1.54, 1.807) is 35.7 Å². The Kier molecular flexibility index (Phi) is 8.04. The summed E-state index contributed by atoms with van der Waals surface area (Å²) in [5.74, 6) is -1.53. The van der Waals surface area contributed by atoms with Crippen LogP contribution in [0.2, 0.25) is 0 Å². The summed E-state index contributed by atoms with van der Waals surface area (Å²) in [5, 5.41) is 9.12. The van der Waals surface area contributed by atoms with E-state index in [1.165, 1.54) is 36.4 Å². The number of ether oxygens (including phenoxy) is 1. The minimum Gasteiger partial charge on any atom is -1.00 e. The largest absolute Gasteiger partial charge is 1.00 e. The SMILES string of the molecule is Cc1c(N(Cc2ccc(OC(F)(F)F)cc2)S(=O)(=O)c2ccc(C(=O)O)cc2)nc2ccccn12.[H-].[Na+]. The molecule has 0 fully saturated rings. The maximum Gasteiger partial charge on any atom is 1.00 e. The van der Waals surface area contributed by atoms with Crippen LogP contribution >= 0.6 is 0 Å². The second-order valence-electron chi connectivity index (χ2n) is 7.48. The average molecular weight is 529 g/mol. The Morgan fingerprint density at radius 3 is 2.28 bits per heavy atom. The van der Waals surface area contributed by atoms with Crippen molar-refractivity contribution in [3.8, 4) is 5.75 Å². The number of hydrogen-bond acceptors (Lipinski definition) is 5. The van der Waals surface area contributed by atoms with Crippen LogP contribution in [0.5, 0.6) is 5.75 Å². The summed E-state index contributed by atoms with van der Waals surface area (Å²) in [6, 6.07) is 14.7. The van der Waals surface area contributed by atoms with Crippen molar-refractivity contribution in [2.45, 2.75) is 24.7 Å². The summed E-state index contributed by atoms with van der Waals surface area (Å²) in [6.45, 7) is 1.44. The van der Waals surface area contributed by atoms with Gasteiger partial charge in [0.15, 0.2) is 5.82 Å². The first-order chi connectivity index (χ1) is 16.5. The number of rotatable bonds is 7. The van der Waals surface area contributed by atoms with E-state index in [9.17, 15) is 26.4 Å². The van der Waals surface area contributed by atoms with Crippen molar-refractivity contribution in [1.82, 2.24) is 9.38 Å². The van der Waals surface area contributed by atoms with E-state index in [2.05, 4.69) is 9.72 Å². The first kappa shape index (κ1) is 27.5. The number of sulfonamides is 1. The molecular formula is C23H19F3N3NaO5S. The van der Waals surface area contributed by atoms with Crippen LogP contribution in [0.25, 0.3) is 5.65 Å². The van der Waals surface area contributed by atoms with Crippen molar-refractivity contribution in [3.63, 3.8) is 0 Å². The molecule has 0 bridgehead atoms. The van der Waals surface area contributed by atoms with E-state index in [-0.39, 0.29) is 53.8 Å². The molecule has 13 heteroatoms. The number of pyridine rings is 1. The number of aromatic carboxylic acids is 1. The summed E-state index contributed by atoms with van der Waals surface area (Å²) in [7, 11) is -4.25. The maximum atomic E-state index is 13.7. The fraction of sp³-hybridized carbons (Fsp3) is 0.130. The van der Waals surface area contributed by atoms with Crippen LogP contribution in [0, 0.1) is 6.92 Å². The Balaban J connectivity index is 0.00000241. The number of benzene rings is 2. The topological polar surface area (TPSA) is 101 Å². The van der Waals surface area contributed by atoms with Gasteiger partial charge >= 0.3 is 41.9 Å². The quantitative estimate of drug-likeness (QED) is 0.366. The van der Waals surface area contributed by atoms with Crippen LogP contribution in [0.3, 0.4) is 0 Å². The number of aromatic nitrogens is 2. The molecule has 2 aromatic carbocycles. The van der Waals surface area contributed by atoms with Gasteiger partial charge in [-0.1, -0.05) is 18.2 Å². The van der Waals surface area contributed by atoms with Crippen molar-refractivity contribution < 1.29 is 67.2 Å². The number of anilines is 1. The minimum absolute atomic E-state index is 0. The normalized spacial score (nSPS) is 11.7. The molecule has 0 aliphatic carbocycles. The van der Waals surface area contributed by atoms with Crippen LogP contribution in [0.4, 0.5) is 19.0 Å². The van der Waals surface area contributed by atoms with E-state index >= 15 is 0 Å². The molecule has 0 amide bonds. The van der Waals surface area contributed by atoms with E-state index in [4.69, 9.17) is 5.11 Å². The van der Waals surface area contributed by atoms with E-state index in [0.29, 0.717) is 16.9 Å². The molecule has 0 saturated heterocycles. The first-order valence-corrected chi connectivity index (χ1v) is 11.5. The minimum atomic E-state index is -4.85. The van der Waals surface area contributed by atoms with Crippen molar-refractivity contribution in [1.29, 1.82) is 0 Å². The average Bonchev–Trinajstić information content (AvgIpc) is 3.13. The van der Waals surface area contributed by atoms with Crippen LogP contribution < -0.4 is 38.6 Å². The number of fused-ring (bicyclic) bond motifs is 1. The molecular weight excluding hydrogens is 510 g/mol. The molecule has 184 valence electrons. The van der Waals surface area contributed by atoms with Gasteiger partial charge in [0.2, 0.25) is 0 Å². The smallest absolute Gasteiger partial charge is 1.00 e. The number of aryl methyl sites for hydroxylation is 1. The fourth-order valence-corrected chi connectivity index (χ4v) is 4.93. The Bertz CT molecular complexity index is 1500. The van der Waals surface area contributed by atoms with Gasteiger partial charge in [0.05, 0.1) is 22.7 Å². The second kappa shape index (κ2) is 10.5. The van der Waals surface area contributed by atoms with Crippen LogP contribution in [-0.4, -0.2) is 35.2 Å². The summed E-state index contributed by atoms with van der Waals surface area (Å²) in [4.78, 5) is 15.4. The molecule has 0 unspecified atom stereocenters. The molecule has 2 aromatic heterocycles. The van der Waals surface area contributed by atoms with Gasteiger partial charge < -0.3 is 15.7 Å². The van der Waals surface area contributed by atoms with Gasteiger partial charge in [-0.3, -0.25) is 0 Å². The summed E-state index contributed by atoms with van der Waals surface area (Å²) in [5.41, 5.74) is 1.31. The Morgan fingerprint density at radius 2 is 1.72 bits per heavy atom. The van der Waals surface area contributed by atoms with Crippen LogP contribution in [-0.2, 0) is 16.6 Å². The number of halogens is 3. The molecule has 4 rings (SSSR count). The molecule has 0 atom stereocenters. The van der Waals surface area contributed by atoms with Gasteiger partial charge in [-0.2, -0.15) is 0 Å². The monoisotopic (exact) mass is 529 g/mol. The van der Waals surface area contributed by atoms with Crippen LogP contribution in [0.1, 0.15) is 23.0 Å². The van der Waals surface area contributed by atoms with Crippen molar-refractivity contribution in [2.24, 2.45) is 0 Å². The van der Waals surface area contributed by atoms with Gasteiger partial charge in [-0.25, -0.2) is 22.5 Å². The van der Waals surface area contributed by atoms with Gasteiger partial charge in [0, 0.05) is 6.20 Å². The third-order valence-corrected chi connectivity index (χ3v) is 6.90. The third kappa shape index (κ3) is 5.84. The Morgan fingerprint density at radius 1 is 1.08 bits per heavy atom. The van der Waals surface area contributed by atoms with Crippen LogP contribution in [0.15, 0.2) is 77.8 Å². The molecule has 4 aromatic rings. The Hall–Kier alpha value is -3.06. The number of carboxylic acids is 1. The third-order valence-electron chi connectivity index (χ3n) is 5.15. The predicted molar refractivity (Wildman–Crippen MR) is 121 cm³/mol. The standard InChI is InChI=1S/C23H18F3N3O5S.Na.H/c1-15-21(27-20-4-2-3-13-28(15)20)29(14-16-5-9-18(10-6-16)34-23(24,25)26)35(32,33)19-11-7-17(8-12-19)22(30)31;;/h2-13H,14H2,1H3,(H,30,31);;/q;+1;-1. The zero-order valence-corrected chi connectivity index (χ0v) is 21.9. The molecule has 0 saturated carbocycles. The van der Waals surface area contributed by atoms with Gasteiger partial charge in [0.1, 0.15) is 11.4 Å². The summed E-state index contributed by atoms with van der Waals surface area (Å²) in [6.07, 6.45) is -3.14. The van der Waals surface area contributed by atoms with Crippen molar-refractivity contribution in [3.05, 3.63) is 89.7 Å². The second-order valence-corrected chi connectivity index (χ2v) is 9.34. The molecule has 0 aliphatic rings. The molecule has 0 aliphatic heterocycles. The summed E-state index contributed by atoms with van der Waals surface area (Å²) < 4.78 is 71.4. The molecule has 2 heterocycles. The number of imidazole rings is 1. The number of carboxylic acid groups (broad SMARTS) is 1. The van der Waals surface area contributed by atoms with E-state index in [1.807, 2.05) is 0 Å². The zero-order valence-electron chi connectivity index (χ0n) is 20.1. The van der Waals surface area contributed by atoms with Crippen molar-refractivity contribution >= 4 is 27.5 Å². The van der Waals surface area contributed by atoms with Gasteiger partial charge in [-0.05, 0) is 61.0 Å². The first-order valence-electron chi connectivity index (χ1n) is 10.1. The molecule has 0 spiro atoms. The number of hydrogen-bond donors (Lipinski definition) is 1. The van der Waals surface area contributed by atoms with Gasteiger partial charge in [-0.15, -0.1) is 13.2 Å². The van der Waals surface area contributed by atoms with Gasteiger partial charge in [0.25, 0.3) is 10.0 Å². The summed E-state index contributed by atoms with van der Waals surface area (Å²) >= 11 is 0. The number of nitrogens with zero attached hydrogens (tertiary/aromatic N) is 3. The number of carbonyl (C=O) groups is 1. The molecule has 36 heavy (non-hydrogen) atoms. The molecule has 1 N–H and O–H groups in total. The number of alkyl halides is 3. The van der Waals surface area contributed by atoms with E-state index in [0.717, 1.165) is 16.4 Å². The zero-order chi connectivity index (χ0) is 25.4. The van der Waals surface area contributed by atoms with Crippen molar-refractivity contribution in [2.75, 3.05) is 4.31 Å². The Labute approximate surface area is 227 Å². The maximum absolute atomic E-state index is 13.7. The van der Waals surface area contributed by atoms with E-state index < -0.39 is 28.1 Å². The predicted octanol–water partition coefficient (Wildman–Crippen LogP) is 1.75. The molecule has 8 nitrogen and oxygen atoms in total. The molecule has 0 radical (unpaired) electrons. The fourth-order valence-electron chi connectivity index (χ4n) is 3.47.